The Labute approximate surface area is 120 Å². The summed E-state index contributed by atoms with van der Waals surface area (Å²) in [4.78, 5) is 0. The van der Waals surface area contributed by atoms with Gasteiger partial charge in [0.1, 0.15) is 0 Å². The van der Waals surface area contributed by atoms with E-state index in [0.29, 0.717) is 0 Å². The molecule has 3 aromatic carbocycles. The molecular weight excluding hydrogens is 269 g/mol. The molecule has 0 saturated heterocycles. The standard InChI is InChI=1S/C17H10FNO2/c18-14-7-11(10-19)5-6-16(14)21-17-9-13-4-2-1-3-12(13)8-15(17)20/h1-9,20H. The summed E-state index contributed by atoms with van der Waals surface area (Å²) >= 11 is 0. The Morgan fingerprint density at radius 3 is 2.33 bits per heavy atom. The van der Waals surface area contributed by atoms with Crippen LogP contribution < -0.4 is 4.74 Å². The van der Waals surface area contributed by atoms with E-state index in [4.69, 9.17) is 10.00 Å². The molecule has 0 radical (unpaired) electrons. The Morgan fingerprint density at radius 2 is 1.67 bits per heavy atom. The molecule has 0 saturated carbocycles. The quantitative estimate of drug-likeness (QED) is 0.758. The molecule has 0 aliphatic rings. The normalized spacial score (nSPS) is 10.3. The number of phenolic OH excluding ortho intramolecular Hbond substituents is 1. The van der Waals surface area contributed by atoms with Crippen molar-refractivity contribution in [1.82, 2.24) is 0 Å². The van der Waals surface area contributed by atoms with Crippen LogP contribution in [0, 0.1) is 17.1 Å². The summed E-state index contributed by atoms with van der Waals surface area (Å²) in [5.41, 5.74) is 0.211. The molecule has 0 fully saturated rings. The van der Waals surface area contributed by atoms with Crippen LogP contribution in [0.2, 0.25) is 0 Å². The van der Waals surface area contributed by atoms with Gasteiger partial charge in [-0.1, -0.05) is 24.3 Å². The molecule has 4 heteroatoms. The van der Waals surface area contributed by atoms with Crippen molar-refractivity contribution in [3.63, 3.8) is 0 Å². The van der Waals surface area contributed by atoms with Gasteiger partial charge in [0.15, 0.2) is 23.1 Å². The van der Waals surface area contributed by atoms with E-state index < -0.39 is 5.82 Å². The number of nitriles is 1. The smallest absolute Gasteiger partial charge is 0.169 e. The number of hydrogen-bond donors (Lipinski definition) is 1. The van der Waals surface area contributed by atoms with Gasteiger partial charge in [0.25, 0.3) is 0 Å². The van der Waals surface area contributed by atoms with Crippen molar-refractivity contribution in [2.45, 2.75) is 0 Å². The first-order valence-corrected chi connectivity index (χ1v) is 6.26. The monoisotopic (exact) mass is 279 g/mol. The van der Waals surface area contributed by atoms with Crippen LogP contribution >= 0.6 is 0 Å². The Kier molecular flexibility index (Phi) is 3.17. The maximum absolute atomic E-state index is 13.8. The molecule has 0 aliphatic heterocycles. The van der Waals surface area contributed by atoms with Gasteiger partial charge in [-0.25, -0.2) is 4.39 Å². The zero-order chi connectivity index (χ0) is 14.8. The van der Waals surface area contributed by atoms with E-state index in [9.17, 15) is 9.50 Å². The van der Waals surface area contributed by atoms with Crippen molar-refractivity contribution in [1.29, 1.82) is 5.26 Å². The summed E-state index contributed by atoms with van der Waals surface area (Å²) in [7, 11) is 0. The Balaban J connectivity index is 2.02. The lowest BCUT2D eigenvalue weighted by molar-refractivity contribution is 0.397. The van der Waals surface area contributed by atoms with Gasteiger partial charge in [0.2, 0.25) is 0 Å². The van der Waals surface area contributed by atoms with Gasteiger partial charge >= 0.3 is 0 Å². The topological polar surface area (TPSA) is 53.2 Å². The van der Waals surface area contributed by atoms with Gasteiger partial charge in [0.05, 0.1) is 11.6 Å². The molecule has 0 bridgehead atoms. The summed E-state index contributed by atoms with van der Waals surface area (Å²) in [5.74, 6) is -0.601. The highest BCUT2D eigenvalue weighted by Gasteiger charge is 2.10. The maximum Gasteiger partial charge on any atom is 0.169 e. The molecule has 0 heterocycles. The van der Waals surface area contributed by atoms with Gasteiger partial charge in [-0.3, -0.25) is 0 Å². The van der Waals surface area contributed by atoms with Crippen LogP contribution in [0.4, 0.5) is 4.39 Å². The summed E-state index contributed by atoms with van der Waals surface area (Å²) in [6, 6.07) is 16.4. The van der Waals surface area contributed by atoms with Crippen molar-refractivity contribution in [3.05, 3.63) is 66.0 Å². The molecule has 0 atom stereocenters. The molecule has 0 amide bonds. The first kappa shape index (κ1) is 12.9. The lowest BCUT2D eigenvalue weighted by Gasteiger charge is -2.10. The van der Waals surface area contributed by atoms with E-state index in [1.807, 2.05) is 30.3 Å². The largest absolute Gasteiger partial charge is 0.504 e. The predicted octanol–water partition coefficient (Wildman–Crippen LogP) is 4.35. The molecular formula is C17H10FNO2. The molecule has 0 unspecified atom stereocenters. The van der Waals surface area contributed by atoms with Crippen molar-refractivity contribution in [2.24, 2.45) is 0 Å². The van der Waals surface area contributed by atoms with Crippen LogP contribution in [0.1, 0.15) is 5.56 Å². The van der Waals surface area contributed by atoms with Crippen LogP contribution in [0.25, 0.3) is 10.8 Å². The fourth-order valence-corrected chi connectivity index (χ4v) is 2.06. The van der Waals surface area contributed by atoms with E-state index in [-0.39, 0.29) is 22.8 Å². The van der Waals surface area contributed by atoms with Crippen molar-refractivity contribution in [3.8, 4) is 23.3 Å². The first-order chi connectivity index (χ1) is 10.2. The van der Waals surface area contributed by atoms with Gasteiger partial charge in [-0.05, 0) is 41.1 Å². The fraction of sp³-hybridized carbons (Fsp3) is 0. The average molecular weight is 279 g/mol. The number of ether oxygens (including phenoxy) is 1. The zero-order valence-electron chi connectivity index (χ0n) is 10.9. The number of phenols is 1. The molecule has 3 rings (SSSR count). The highest BCUT2D eigenvalue weighted by molar-refractivity contribution is 5.86. The number of fused-ring (bicyclic) bond motifs is 1. The maximum atomic E-state index is 13.8. The molecule has 0 aliphatic carbocycles. The second-order valence-corrected chi connectivity index (χ2v) is 4.53. The van der Waals surface area contributed by atoms with E-state index in [2.05, 4.69) is 0 Å². The molecule has 102 valence electrons. The van der Waals surface area contributed by atoms with E-state index in [1.165, 1.54) is 12.1 Å². The molecule has 1 N–H and O–H groups in total. The highest BCUT2D eigenvalue weighted by atomic mass is 19.1. The average Bonchev–Trinajstić information content (AvgIpc) is 2.49. The van der Waals surface area contributed by atoms with Gasteiger partial charge in [0, 0.05) is 0 Å². The summed E-state index contributed by atoms with van der Waals surface area (Å²) in [6.07, 6.45) is 0. The Morgan fingerprint density at radius 1 is 0.952 bits per heavy atom. The second-order valence-electron chi connectivity index (χ2n) is 4.53. The van der Waals surface area contributed by atoms with Crippen LogP contribution in [0.15, 0.2) is 54.6 Å². The third-order valence-corrected chi connectivity index (χ3v) is 3.11. The third-order valence-electron chi connectivity index (χ3n) is 3.11. The summed E-state index contributed by atoms with van der Waals surface area (Å²) in [5, 5.41) is 20.4. The minimum Gasteiger partial charge on any atom is -0.504 e. The molecule has 3 aromatic rings. The zero-order valence-corrected chi connectivity index (χ0v) is 10.9. The molecule has 21 heavy (non-hydrogen) atoms. The van der Waals surface area contributed by atoms with Gasteiger partial charge in [-0.2, -0.15) is 5.26 Å². The number of aromatic hydroxyl groups is 1. The second kappa shape index (κ2) is 5.14. The number of rotatable bonds is 2. The van der Waals surface area contributed by atoms with Crippen LogP contribution in [-0.2, 0) is 0 Å². The highest BCUT2D eigenvalue weighted by Crippen LogP contribution is 2.35. The van der Waals surface area contributed by atoms with Crippen molar-refractivity contribution >= 4 is 10.8 Å². The van der Waals surface area contributed by atoms with E-state index >= 15 is 0 Å². The van der Waals surface area contributed by atoms with Crippen molar-refractivity contribution in [2.75, 3.05) is 0 Å². The molecule has 0 spiro atoms. The van der Waals surface area contributed by atoms with E-state index in [1.54, 1.807) is 12.1 Å². The summed E-state index contributed by atoms with van der Waals surface area (Å²) < 4.78 is 19.2. The number of benzene rings is 3. The fourth-order valence-electron chi connectivity index (χ4n) is 2.06. The lowest BCUT2D eigenvalue weighted by atomic mass is 10.1. The predicted molar refractivity (Wildman–Crippen MR) is 76.8 cm³/mol. The van der Waals surface area contributed by atoms with Gasteiger partial charge in [-0.15, -0.1) is 0 Å². The number of nitrogens with zero attached hydrogens (tertiary/aromatic N) is 1. The van der Waals surface area contributed by atoms with E-state index in [0.717, 1.165) is 16.8 Å². The van der Waals surface area contributed by atoms with Crippen LogP contribution in [-0.4, -0.2) is 5.11 Å². The molecule has 3 nitrogen and oxygen atoms in total. The minimum atomic E-state index is -0.651. The SMILES string of the molecule is N#Cc1ccc(Oc2cc3ccccc3cc2O)c(F)c1. The molecule has 0 aromatic heterocycles. The Bertz CT molecular complexity index is 868. The third kappa shape index (κ3) is 2.49. The number of hydrogen-bond acceptors (Lipinski definition) is 3. The summed E-state index contributed by atoms with van der Waals surface area (Å²) in [6.45, 7) is 0. The number of halogens is 1. The first-order valence-electron chi connectivity index (χ1n) is 6.26. The van der Waals surface area contributed by atoms with Crippen LogP contribution in [0.3, 0.4) is 0 Å². The van der Waals surface area contributed by atoms with Gasteiger partial charge < -0.3 is 9.84 Å². The lowest BCUT2D eigenvalue weighted by Crippen LogP contribution is -1.90. The van der Waals surface area contributed by atoms with Crippen LogP contribution in [0.5, 0.6) is 17.2 Å². The Hall–Kier alpha value is -3.06. The minimum absolute atomic E-state index is 0.0421. The van der Waals surface area contributed by atoms with Crippen molar-refractivity contribution < 1.29 is 14.2 Å².